The van der Waals surface area contributed by atoms with Crippen LogP contribution in [0.5, 0.6) is 0 Å². The molecule has 0 aliphatic carbocycles. The molecular formula is C39H51ClF3N7O6. The van der Waals surface area contributed by atoms with Crippen LogP contribution in [-0.4, -0.2) is 128 Å². The molecule has 56 heavy (non-hydrogen) atoms. The quantitative estimate of drug-likeness (QED) is 0.171. The number of para-hydroxylation sites is 1. The highest BCUT2D eigenvalue weighted by Crippen LogP contribution is 2.38. The van der Waals surface area contributed by atoms with Crippen LogP contribution in [0.25, 0.3) is 0 Å². The first-order valence-corrected chi connectivity index (χ1v) is 19.8. The number of carbonyl (C=O) groups is 4. The van der Waals surface area contributed by atoms with Gasteiger partial charge in [0.1, 0.15) is 6.61 Å². The summed E-state index contributed by atoms with van der Waals surface area (Å²) in [7, 11) is 1.79. The molecular weight excluding hydrogens is 755 g/mol. The number of halogens is 4. The van der Waals surface area contributed by atoms with Gasteiger partial charge in [-0.05, 0) is 87.9 Å². The van der Waals surface area contributed by atoms with Crippen LogP contribution >= 0.6 is 11.6 Å². The van der Waals surface area contributed by atoms with E-state index in [0.29, 0.717) is 71.4 Å². The number of nitrogens with zero attached hydrogens (tertiary/aromatic N) is 4. The molecule has 17 heteroatoms. The zero-order valence-corrected chi connectivity index (χ0v) is 32.4. The third kappa shape index (κ3) is 9.98. The van der Waals surface area contributed by atoms with Gasteiger partial charge in [-0.15, -0.1) is 0 Å². The molecule has 0 saturated carbocycles. The number of hydrogen-bond donors (Lipinski definition) is 3. The van der Waals surface area contributed by atoms with E-state index >= 15 is 0 Å². The topological polar surface area (TPSA) is 150 Å². The summed E-state index contributed by atoms with van der Waals surface area (Å²) >= 11 is 6.13. The largest absolute Gasteiger partial charge is 0.464 e. The summed E-state index contributed by atoms with van der Waals surface area (Å²) in [6.07, 6.45) is -2.84. The molecule has 3 fully saturated rings. The molecule has 13 nitrogen and oxygen atoms in total. The normalized spacial score (nSPS) is 20.8. The fraction of sp³-hybridized carbons (Fsp3) is 0.590. The number of nitrogen functional groups attached to an aromatic ring is 1. The first-order valence-electron chi connectivity index (χ1n) is 19.4. The maximum Gasteiger partial charge on any atom is 0.418 e. The Kier molecular flexibility index (Phi) is 13.5. The Balaban J connectivity index is 1.10. The second kappa shape index (κ2) is 18.3. The van der Waals surface area contributed by atoms with Gasteiger partial charge in [0.05, 0.1) is 22.2 Å². The first kappa shape index (κ1) is 41.4. The van der Waals surface area contributed by atoms with Crippen molar-refractivity contribution in [1.29, 1.82) is 0 Å². The van der Waals surface area contributed by atoms with E-state index in [1.165, 1.54) is 11.0 Å². The van der Waals surface area contributed by atoms with Crippen LogP contribution in [0.15, 0.2) is 36.4 Å². The number of piperidine rings is 3. The number of nitrogens with two attached hydrogens (primary N) is 1. The predicted molar refractivity (Wildman–Crippen MR) is 204 cm³/mol. The molecule has 4 heterocycles. The fourth-order valence-corrected chi connectivity index (χ4v) is 8.51. The van der Waals surface area contributed by atoms with Crippen LogP contribution in [0.2, 0.25) is 5.02 Å². The smallest absolute Gasteiger partial charge is 0.418 e. The van der Waals surface area contributed by atoms with Gasteiger partial charge in [-0.3, -0.25) is 14.5 Å². The lowest BCUT2D eigenvalue weighted by atomic mass is 9.93. The SMILES string of the molecule is CNCCOC(=O)[C@@H]1CCCN(C2CCN(C(=O)[C@@H](Cc3cc(Cl)c(N)c(C(F)(F)F)c3)OC(=O)N3CCC(N4CCc5ccccc5NC4=O)CC3)CC2)C1. The van der Waals surface area contributed by atoms with Gasteiger partial charge in [0, 0.05) is 70.0 Å². The van der Waals surface area contributed by atoms with E-state index in [9.17, 15) is 32.3 Å². The van der Waals surface area contributed by atoms with Crippen LogP contribution in [0.1, 0.15) is 55.2 Å². The number of likely N-dealkylation sites (tertiary alicyclic amines) is 3. The van der Waals surface area contributed by atoms with Crippen LogP contribution < -0.4 is 16.4 Å². The monoisotopic (exact) mass is 805 g/mol. The van der Waals surface area contributed by atoms with Crippen LogP contribution in [0.4, 0.5) is 34.1 Å². The van der Waals surface area contributed by atoms with E-state index in [-0.39, 0.29) is 60.1 Å². The number of carbonyl (C=O) groups excluding carboxylic acids is 4. The Morgan fingerprint density at radius 3 is 2.39 bits per heavy atom. The minimum Gasteiger partial charge on any atom is -0.464 e. The van der Waals surface area contributed by atoms with Gasteiger partial charge in [-0.25, -0.2) is 9.59 Å². The lowest BCUT2D eigenvalue weighted by molar-refractivity contribution is -0.150. The highest BCUT2D eigenvalue weighted by atomic mass is 35.5. The van der Waals surface area contributed by atoms with Crippen molar-refractivity contribution >= 4 is 47.0 Å². The maximum absolute atomic E-state index is 14.1. The molecule has 306 valence electrons. The summed E-state index contributed by atoms with van der Waals surface area (Å²) in [5.74, 6) is -0.943. The van der Waals surface area contributed by atoms with Gasteiger partial charge >= 0.3 is 24.3 Å². The van der Waals surface area contributed by atoms with Crippen molar-refractivity contribution in [2.75, 3.05) is 77.1 Å². The molecule has 0 spiro atoms. The molecule has 0 bridgehead atoms. The van der Waals surface area contributed by atoms with Gasteiger partial charge in [0.15, 0.2) is 6.10 Å². The molecule has 6 rings (SSSR count). The number of urea groups is 1. The Labute approximate surface area is 329 Å². The summed E-state index contributed by atoms with van der Waals surface area (Å²) in [6.45, 7) is 4.02. The highest BCUT2D eigenvalue weighted by molar-refractivity contribution is 6.33. The summed E-state index contributed by atoms with van der Waals surface area (Å²) < 4.78 is 53.0. The van der Waals surface area contributed by atoms with Crippen molar-refractivity contribution in [1.82, 2.24) is 24.9 Å². The number of ether oxygens (including phenoxy) is 2. The lowest BCUT2D eigenvalue weighted by Gasteiger charge is -2.42. The Morgan fingerprint density at radius 1 is 0.982 bits per heavy atom. The summed E-state index contributed by atoms with van der Waals surface area (Å²) in [4.78, 5) is 60.7. The van der Waals surface area contributed by atoms with Crippen molar-refractivity contribution in [2.45, 2.75) is 75.7 Å². The average molecular weight is 806 g/mol. The third-order valence-electron chi connectivity index (χ3n) is 11.4. The molecule has 3 saturated heterocycles. The molecule has 2 aromatic rings. The van der Waals surface area contributed by atoms with Crippen molar-refractivity contribution in [3.8, 4) is 0 Å². The van der Waals surface area contributed by atoms with E-state index in [0.717, 1.165) is 36.7 Å². The number of amides is 4. The second-order valence-corrected chi connectivity index (χ2v) is 15.4. The van der Waals surface area contributed by atoms with Crippen LogP contribution in [-0.2, 0) is 38.1 Å². The van der Waals surface area contributed by atoms with Gasteiger partial charge in [-0.2, -0.15) is 13.2 Å². The number of rotatable bonds is 10. The third-order valence-corrected chi connectivity index (χ3v) is 11.7. The molecule has 2 atom stereocenters. The number of likely N-dealkylation sites (N-methyl/N-ethyl adjacent to an activating group) is 1. The highest BCUT2D eigenvalue weighted by Gasteiger charge is 2.39. The van der Waals surface area contributed by atoms with Crippen molar-refractivity contribution in [3.63, 3.8) is 0 Å². The molecule has 0 aromatic heterocycles. The first-order chi connectivity index (χ1) is 26.8. The fourth-order valence-electron chi connectivity index (χ4n) is 8.27. The number of esters is 1. The molecule has 4 aliphatic heterocycles. The van der Waals surface area contributed by atoms with E-state index in [4.69, 9.17) is 26.8 Å². The molecule has 2 aromatic carbocycles. The Morgan fingerprint density at radius 2 is 1.68 bits per heavy atom. The average Bonchev–Trinajstić information content (AvgIpc) is 3.36. The summed E-state index contributed by atoms with van der Waals surface area (Å²) in [6, 6.07) is 9.56. The number of hydrogen-bond acceptors (Lipinski definition) is 9. The zero-order chi connectivity index (χ0) is 40.0. The lowest BCUT2D eigenvalue weighted by Crippen LogP contribution is -2.53. The van der Waals surface area contributed by atoms with Gasteiger partial charge < -0.3 is 40.5 Å². The predicted octanol–water partition coefficient (Wildman–Crippen LogP) is 5.01. The minimum atomic E-state index is -4.80. The van der Waals surface area contributed by atoms with E-state index in [2.05, 4.69) is 15.5 Å². The van der Waals surface area contributed by atoms with E-state index in [1.807, 2.05) is 24.3 Å². The van der Waals surface area contributed by atoms with Crippen molar-refractivity contribution in [3.05, 3.63) is 58.1 Å². The summed E-state index contributed by atoms with van der Waals surface area (Å²) in [5.41, 5.74) is 5.79. The summed E-state index contributed by atoms with van der Waals surface area (Å²) in [5, 5.41) is 5.62. The van der Waals surface area contributed by atoms with Gasteiger partial charge in [0.2, 0.25) is 0 Å². The Bertz CT molecular complexity index is 1730. The molecule has 0 radical (unpaired) electrons. The standard InChI is InChI=1S/C39H51ClF3N7O6/c1-45-13-20-55-36(52)27-6-4-14-49(24-27)28-9-15-47(16-10-28)35(51)33(23-25-21-30(39(41,42)43)34(44)31(40)22-25)56-38(54)48-17-11-29(12-18-48)50-19-8-26-5-2-3-7-32(26)46-37(50)53/h2-3,5,7,21-22,27-29,33,45H,4,6,8-20,23-24,44H2,1H3,(H,46,53)/t27-,33-/m1/s1. The molecule has 4 amide bonds. The molecule has 0 unspecified atom stereocenters. The second-order valence-electron chi connectivity index (χ2n) is 15.0. The minimum absolute atomic E-state index is 0.0467. The van der Waals surface area contributed by atoms with Crippen molar-refractivity contribution in [2.24, 2.45) is 5.92 Å². The van der Waals surface area contributed by atoms with Gasteiger partial charge in [0.25, 0.3) is 5.91 Å². The number of benzene rings is 2. The van der Waals surface area contributed by atoms with E-state index in [1.54, 1.807) is 16.8 Å². The number of anilines is 2. The van der Waals surface area contributed by atoms with Crippen molar-refractivity contribution < 1.29 is 41.8 Å². The van der Waals surface area contributed by atoms with Crippen LogP contribution in [0.3, 0.4) is 0 Å². The molecule has 4 aliphatic rings. The van der Waals surface area contributed by atoms with E-state index < -0.39 is 35.5 Å². The van der Waals surface area contributed by atoms with Crippen LogP contribution in [0, 0.1) is 5.92 Å². The number of alkyl halides is 3. The Hall–Kier alpha value is -4.28. The van der Waals surface area contributed by atoms with Gasteiger partial charge in [-0.1, -0.05) is 29.8 Å². The number of fused-ring (bicyclic) bond motifs is 1. The number of nitrogens with one attached hydrogen (secondary N) is 2. The maximum atomic E-state index is 14.1. The molecule has 4 N–H and O–H groups in total. The zero-order valence-electron chi connectivity index (χ0n) is 31.6.